The lowest BCUT2D eigenvalue weighted by Crippen LogP contribution is -2.21. The maximum Gasteiger partial charge on any atom is 0.416 e. The van der Waals surface area contributed by atoms with Crippen molar-refractivity contribution in [3.8, 4) is 0 Å². The molecular weight excluding hydrogens is 334 g/mol. The third-order valence-electron chi connectivity index (χ3n) is 3.83. The minimum Gasteiger partial charge on any atom is -0.367 e. The monoisotopic (exact) mass is 349 g/mol. The molecule has 0 fully saturated rings. The fourth-order valence-electron chi connectivity index (χ4n) is 2.72. The Bertz CT molecular complexity index is 888. The summed E-state index contributed by atoms with van der Waals surface area (Å²) in [5.74, 6) is -0.354. The van der Waals surface area contributed by atoms with E-state index in [9.17, 15) is 17.6 Å². The molecule has 3 aromatic rings. The van der Waals surface area contributed by atoms with Crippen molar-refractivity contribution >= 4 is 16.7 Å². The van der Waals surface area contributed by atoms with Crippen LogP contribution in [0.5, 0.6) is 0 Å². The van der Waals surface area contributed by atoms with Gasteiger partial charge in [0.1, 0.15) is 18.0 Å². The van der Waals surface area contributed by atoms with E-state index in [4.69, 9.17) is 0 Å². The first-order valence-corrected chi connectivity index (χ1v) is 7.66. The number of halogens is 4. The number of hydrogen-bond acceptors (Lipinski definition) is 3. The molecule has 1 heterocycles. The van der Waals surface area contributed by atoms with Crippen LogP contribution in [0.25, 0.3) is 10.9 Å². The molecule has 0 amide bonds. The first-order chi connectivity index (χ1) is 11.8. The predicted octanol–water partition coefficient (Wildman–Crippen LogP) is 4.83. The lowest BCUT2D eigenvalue weighted by Gasteiger charge is -2.19. The van der Waals surface area contributed by atoms with Crippen LogP contribution in [0.3, 0.4) is 0 Å². The van der Waals surface area contributed by atoms with Gasteiger partial charge in [0.05, 0.1) is 11.1 Å². The molecule has 0 radical (unpaired) electrons. The third-order valence-corrected chi connectivity index (χ3v) is 3.83. The summed E-state index contributed by atoms with van der Waals surface area (Å²) in [6.07, 6.45) is -3.12. The zero-order valence-electron chi connectivity index (χ0n) is 13.3. The Balaban J connectivity index is 1.85. The van der Waals surface area contributed by atoms with Crippen LogP contribution in [0.2, 0.25) is 0 Å². The molecule has 2 aromatic carbocycles. The van der Waals surface area contributed by atoms with Gasteiger partial charge in [0, 0.05) is 11.4 Å². The highest BCUT2D eigenvalue weighted by atomic mass is 19.4. The van der Waals surface area contributed by atoms with E-state index in [1.54, 1.807) is 6.92 Å². The highest BCUT2D eigenvalue weighted by molar-refractivity contribution is 5.88. The lowest BCUT2D eigenvalue weighted by atomic mass is 10.00. The molecule has 25 heavy (non-hydrogen) atoms. The van der Waals surface area contributed by atoms with Crippen LogP contribution in [0, 0.1) is 5.82 Å². The SMILES string of the molecule is CC(Cc1ccc(F)cc1C(F)(F)F)Nc1ncnc2ccccc12. The molecule has 0 aliphatic heterocycles. The van der Waals surface area contributed by atoms with E-state index in [-0.39, 0.29) is 18.0 Å². The Morgan fingerprint density at radius 2 is 1.84 bits per heavy atom. The number of hydrogen-bond donors (Lipinski definition) is 1. The number of alkyl halides is 3. The van der Waals surface area contributed by atoms with Crippen LogP contribution in [0.4, 0.5) is 23.4 Å². The number of benzene rings is 2. The molecule has 3 nitrogen and oxygen atoms in total. The fourth-order valence-corrected chi connectivity index (χ4v) is 2.72. The average Bonchev–Trinajstić information content (AvgIpc) is 2.56. The molecule has 1 N–H and O–H groups in total. The number of nitrogens with one attached hydrogen (secondary N) is 1. The maximum absolute atomic E-state index is 13.2. The average molecular weight is 349 g/mol. The van der Waals surface area contributed by atoms with E-state index in [0.717, 1.165) is 17.0 Å². The number of rotatable bonds is 4. The largest absolute Gasteiger partial charge is 0.416 e. The predicted molar refractivity (Wildman–Crippen MR) is 87.7 cm³/mol. The second kappa shape index (κ2) is 6.66. The minimum atomic E-state index is -4.60. The van der Waals surface area contributed by atoms with Gasteiger partial charge in [-0.05, 0) is 43.2 Å². The number of aromatic nitrogens is 2. The molecule has 1 atom stereocenters. The summed E-state index contributed by atoms with van der Waals surface area (Å²) in [4.78, 5) is 8.32. The molecule has 0 aliphatic carbocycles. The molecule has 0 aliphatic rings. The lowest BCUT2D eigenvalue weighted by molar-refractivity contribution is -0.138. The van der Waals surface area contributed by atoms with Gasteiger partial charge < -0.3 is 5.32 Å². The summed E-state index contributed by atoms with van der Waals surface area (Å²) in [7, 11) is 0. The van der Waals surface area contributed by atoms with Gasteiger partial charge in [-0.1, -0.05) is 18.2 Å². The van der Waals surface area contributed by atoms with E-state index in [0.29, 0.717) is 11.9 Å². The fraction of sp³-hybridized carbons (Fsp3) is 0.222. The standard InChI is InChI=1S/C18H15F4N3/c1-11(8-12-6-7-13(19)9-15(12)18(20,21)22)25-17-14-4-2-3-5-16(14)23-10-24-17/h2-7,9-11H,8H2,1H3,(H,23,24,25). The molecule has 0 bridgehead atoms. The molecule has 0 spiro atoms. The number of nitrogens with zero attached hydrogens (tertiary/aromatic N) is 2. The van der Waals surface area contributed by atoms with Crippen molar-refractivity contribution in [1.29, 1.82) is 0 Å². The van der Waals surface area contributed by atoms with Crippen molar-refractivity contribution in [2.45, 2.75) is 25.6 Å². The van der Waals surface area contributed by atoms with Gasteiger partial charge in [-0.25, -0.2) is 14.4 Å². The maximum atomic E-state index is 13.2. The van der Waals surface area contributed by atoms with Gasteiger partial charge >= 0.3 is 6.18 Å². The summed E-state index contributed by atoms with van der Waals surface area (Å²) in [6.45, 7) is 1.75. The second-order valence-electron chi connectivity index (χ2n) is 5.79. The van der Waals surface area contributed by atoms with Gasteiger partial charge in [-0.2, -0.15) is 13.2 Å². The topological polar surface area (TPSA) is 37.8 Å². The molecule has 0 saturated heterocycles. The van der Waals surface area contributed by atoms with Crippen LogP contribution in [0.1, 0.15) is 18.1 Å². The smallest absolute Gasteiger partial charge is 0.367 e. The Labute approximate surface area is 141 Å². The molecule has 0 saturated carbocycles. The van der Waals surface area contributed by atoms with Gasteiger partial charge in [-0.3, -0.25) is 0 Å². The zero-order chi connectivity index (χ0) is 18.0. The molecule has 1 unspecified atom stereocenters. The minimum absolute atomic E-state index is 0.0345. The van der Waals surface area contributed by atoms with Crippen LogP contribution in [0.15, 0.2) is 48.8 Å². The normalized spacial score (nSPS) is 13.0. The summed E-state index contributed by atoms with van der Waals surface area (Å²) >= 11 is 0. The van der Waals surface area contributed by atoms with E-state index in [1.807, 2.05) is 24.3 Å². The van der Waals surface area contributed by atoms with Crippen molar-refractivity contribution in [1.82, 2.24) is 9.97 Å². The Hall–Kier alpha value is -2.70. The van der Waals surface area contributed by atoms with Crippen molar-refractivity contribution in [2.75, 3.05) is 5.32 Å². The second-order valence-corrected chi connectivity index (χ2v) is 5.79. The van der Waals surface area contributed by atoms with Gasteiger partial charge in [0.15, 0.2) is 0 Å². The highest BCUT2D eigenvalue weighted by Crippen LogP contribution is 2.33. The summed E-state index contributed by atoms with van der Waals surface area (Å²) < 4.78 is 52.5. The quantitative estimate of drug-likeness (QED) is 0.686. The third kappa shape index (κ3) is 3.87. The van der Waals surface area contributed by atoms with Crippen LogP contribution < -0.4 is 5.32 Å². The van der Waals surface area contributed by atoms with E-state index < -0.39 is 17.6 Å². The first kappa shape index (κ1) is 17.1. The number of para-hydroxylation sites is 1. The van der Waals surface area contributed by atoms with Gasteiger partial charge in [0.2, 0.25) is 0 Å². The van der Waals surface area contributed by atoms with Crippen molar-refractivity contribution in [3.63, 3.8) is 0 Å². The van der Waals surface area contributed by atoms with Gasteiger partial charge in [0.25, 0.3) is 0 Å². The number of fused-ring (bicyclic) bond motifs is 1. The van der Waals surface area contributed by atoms with Crippen molar-refractivity contribution in [2.24, 2.45) is 0 Å². The Morgan fingerprint density at radius 3 is 2.60 bits per heavy atom. The molecule has 130 valence electrons. The Kier molecular flexibility index (Phi) is 4.57. The van der Waals surface area contributed by atoms with Crippen molar-refractivity contribution < 1.29 is 17.6 Å². The zero-order valence-corrected chi connectivity index (χ0v) is 13.3. The number of anilines is 1. The van der Waals surface area contributed by atoms with Crippen LogP contribution in [-0.2, 0) is 12.6 Å². The van der Waals surface area contributed by atoms with E-state index >= 15 is 0 Å². The first-order valence-electron chi connectivity index (χ1n) is 7.66. The van der Waals surface area contributed by atoms with Crippen molar-refractivity contribution in [3.05, 3.63) is 65.7 Å². The van der Waals surface area contributed by atoms with E-state index in [2.05, 4.69) is 15.3 Å². The summed E-state index contributed by atoms with van der Waals surface area (Å²) in [5.41, 5.74) is -0.175. The summed E-state index contributed by atoms with van der Waals surface area (Å²) in [5, 5.41) is 3.90. The molecular formula is C18H15F4N3. The van der Waals surface area contributed by atoms with Gasteiger partial charge in [-0.15, -0.1) is 0 Å². The highest BCUT2D eigenvalue weighted by Gasteiger charge is 2.34. The molecule has 1 aromatic heterocycles. The van der Waals surface area contributed by atoms with Crippen LogP contribution in [-0.4, -0.2) is 16.0 Å². The van der Waals surface area contributed by atoms with Crippen LogP contribution >= 0.6 is 0 Å². The van der Waals surface area contributed by atoms with E-state index in [1.165, 1.54) is 12.4 Å². The molecule has 7 heteroatoms. The Morgan fingerprint density at radius 1 is 1.08 bits per heavy atom. The summed E-state index contributed by atoms with van der Waals surface area (Å²) in [6, 6.07) is 9.75. The molecule has 3 rings (SSSR count).